The smallest absolute Gasteiger partial charge is 0.141 e. The lowest BCUT2D eigenvalue weighted by molar-refractivity contribution is 1.14. The van der Waals surface area contributed by atoms with Gasteiger partial charge in [-0.05, 0) is 31.9 Å². The number of imidazole rings is 1. The van der Waals surface area contributed by atoms with Crippen LogP contribution in [0.3, 0.4) is 0 Å². The summed E-state index contributed by atoms with van der Waals surface area (Å²) in [5.74, 6) is 0.738. The number of pyridine rings is 1. The molecule has 0 unspecified atom stereocenters. The molecule has 13 heavy (non-hydrogen) atoms. The van der Waals surface area contributed by atoms with Gasteiger partial charge in [0.15, 0.2) is 0 Å². The van der Waals surface area contributed by atoms with Crippen LogP contribution in [0.1, 0.15) is 16.8 Å². The summed E-state index contributed by atoms with van der Waals surface area (Å²) in [4.78, 5) is 4.39. The van der Waals surface area contributed by atoms with Crippen molar-refractivity contribution in [3.63, 3.8) is 0 Å². The van der Waals surface area contributed by atoms with Gasteiger partial charge in [0.1, 0.15) is 11.5 Å². The van der Waals surface area contributed by atoms with Crippen LogP contribution in [0.5, 0.6) is 0 Å². The molecule has 0 fully saturated rings. The highest BCUT2D eigenvalue weighted by molar-refractivity contribution is 5.57. The lowest BCUT2D eigenvalue weighted by Crippen LogP contribution is -1.95. The van der Waals surface area contributed by atoms with E-state index in [-0.39, 0.29) is 0 Å². The van der Waals surface area contributed by atoms with Gasteiger partial charge in [-0.2, -0.15) is 0 Å². The Labute approximate surface area is 77.2 Å². The van der Waals surface area contributed by atoms with Crippen molar-refractivity contribution in [2.24, 2.45) is 0 Å². The number of fused-ring (bicyclic) bond motifs is 1. The third-order valence-corrected chi connectivity index (χ3v) is 2.26. The zero-order valence-corrected chi connectivity index (χ0v) is 8.13. The SMILES string of the molecule is Cc1cc(C)c2nc(C)c(N)n2c1. The molecule has 0 aromatic carbocycles. The monoisotopic (exact) mass is 175 g/mol. The third-order valence-electron chi connectivity index (χ3n) is 2.26. The first kappa shape index (κ1) is 8.10. The summed E-state index contributed by atoms with van der Waals surface area (Å²) in [5.41, 5.74) is 10.1. The zero-order valence-electron chi connectivity index (χ0n) is 8.13. The molecule has 3 heteroatoms. The largest absolute Gasteiger partial charge is 0.383 e. The van der Waals surface area contributed by atoms with Crippen molar-refractivity contribution >= 4 is 11.5 Å². The van der Waals surface area contributed by atoms with Crippen molar-refractivity contribution in [3.05, 3.63) is 29.1 Å². The second kappa shape index (κ2) is 2.49. The Kier molecular flexibility index (Phi) is 1.55. The number of nitrogen functional groups attached to an aromatic ring is 1. The average molecular weight is 175 g/mol. The Bertz CT molecular complexity index is 468. The molecule has 3 nitrogen and oxygen atoms in total. The summed E-state index contributed by atoms with van der Waals surface area (Å²) in [7, 11) is 0. The minimum absolute atomic E-state index is 0.738. The van der Waals surface area contributed by atoms with Crippen LogP contribution in [0, 0.1) is 20.8 Å². The van der Waals surface area contributed by atoms with E-state index in [4.69, 9.17) is 5.73 Å². The number of aryl methyl sites for hydroxylation is 3. The fourth-order valence-electron chi connectivity index (χ4n) is 1.61. The van der Waals surface area contributed by atoms with Crippen molar-refractivity contribution in [2.45, 2.75) is 20.8 Å². The summed E-state index contributed by atoms with van der Waals surface area (Å²) < 4.78 is 1.94. The van der Waals surface area contributed by atoms with Gasteiger partial charge in [0, 0.05) is 6.20 Å². The quantitative estimate of drug-likeness (QED) is 0.664. The molecule has 2 aromatic rings. The molecule has 2 heterocycles. The third kappa shape index (κ3) is 1.08. The van der Waals surface area contributed by atoms with E-state index in [0.717, 1.165) is 17.2 Å². The molecule has 0 saturated heterocycles. The molecule has 0 radical (unpaired) electrons. The standard InChI is InChI=1S/C10H13N3/c1-6-4-7(2)10-12-8(3)9(11)13(10)5-6/h4-5H,11H2,1-3H3. The van der Waals surface area contributed by atoms with E-state index in [1.807, 2.05) is 24.4 Å². The highest BCUT2D eigenvalue weighted by atomic mass is 15.1. The maximum Gasteiger partial charge on any atom is 0.141 e. The fourth-order valence-corrected chi connectivity index (χ4v) is 1.61. The van der Waals surface area contributed by atoms with Crippen LogP contribution in [0.25, 0.3) is 5.65 Å². The van der Waals surface area contributed by atoms with Gasteiger partial charge in [-0.1, -0.05) is 6.07 Å². The van der Waals surface area contributed by atoms with Crippen LogP contribution < -0.4 is 5.73 Å². The van der Waals surface area contributed by atoms with Gasteiger partial charge in [0.05, 0.1) is 5.69 Å². The van der Waals surface area contributed by atoms with Crippen molar-refractivity contribution in [1.29, 1.82) is 0 Å². The molecule has 0 atom stereocenters. The van der Waals surface area contributed by atoms with Crippen molar-refractivity contribution in [1.82, 2.24) is 9.38 Å². The summed E-state index contributed by atoms with van der Waals surface area (Å²) >= 11 is 0. The van der Waals surface area contributed by atoms with E-state index in [1.54, 1.807) is 0 Å². The number of anilines is 1. The Morgan fingerprint density at radius 3 is 2.69 bits per heavy atom. The Hall–Kier alpha value is -1.51. The number of hydrogen-bond acceptors (Lipinski definition) is 2. The number of nitrogens with two attached hydrogens (primary N) is 1. The molecule has 0 aliphatic rings. The minimum atomic E-state index is 0.738. The van der Waals surface area contributed by atoms with Gasteiger partial charge in [-0.25, -0.2) is 4.98 Å². The number of nitrogens with zero attached hydrogens (tertiary/aromatic N) is 2. The van der Waals surface area contributed by atoms with E-state index in [0.29, 0.717) is 0 Å². The summed E-state index contributed by atoms with van der Waals surface area (Å²) in [6.07, 6.45) is 2.01. The highest BCUT2D eigenvalue weighted by Gasteiger charge is 2.06. The molecule has 0 aliphatic heterocycles. The molecule has 0 saturated carbocycles. The normalized spacial score (nSPS) is 11.0. The van der Waals surface area contributed by atoms with Crippen LogP contribution in [-0.2, 0) is 0 Å². The van der Waals surface area contributed by atoms with Crippen molar-refractivity contribution < 1.29 is 0 Å². The first-order valence-corrected chi connectivity index (χ1v) is 4.31. The summed E-state index contributed by atoms with van der Waals surface area (Å²) in [6.45, 7) is 6.03. The molecule has 0 bridgehead atoms. The average Bonchev–Trinajstić information content (AvgIpc) is 2.32. The van der Waals surface area contributed by atoms with Crippen LogP contribution in [0.15, 0.2) is 12.3 Å². The van der Waals surface area contributed by atoms with Crippen LogP contribution in [-0.4, -0.2) is 9.38 Å². The van der Waals surface area contributed by atoms with Crippen molar-refractivity contribution in [3.8, 4) is 0 Å². The molecule has 2 rings (SSSR count). The topological polar surface area (TPSA) is 43.3 Å². The lowest BCUT2D eigenvalue weighted by atomic mass is 10.2. The van der Waals surface area contributed by atoms with Gasteiger partial charge >= 0.3 is 0 Å². The maximum absolute atomic E-state index is 5.88. The van der Waals surface area contributed by atoms with E-state index >= 15 is 0 Å². The van der Waals surface area contributed by atoms with Crippen molar-refractivity contribution in [2.75, 3.05) is 5.73 Å². The minimum Gasteiger partial charge on any atom is -0.383 e. The molecule has 0 aliphatic carbocycles. The van der Waals surface area contributed by atoms with Crippen LogP contribution >= 0.6 is 0 Å². The number of rotatable bonds is 0. The van der Waals surface area contributed by atoms with Gasteiger partial charge in [0.2, 0.25) is 0 Å². The molecule has 2 aromatic heterocycles. The van der Waals surface area contributed by atoms with Crippen LogP contribution in [0.2, 0.25) is 0 Å². The first-order valence-electron chi connectivity index (χ1n) is 4.31. The predicted molar refractivity (Wildman–Crippen MR) is 53.8 cm³/mol. The van der Waals surface area contributed by atoms with E-state index in [2.05, 4.69) is 18.0 Å². The van der Waals surface area contributed by atoms with Gasteiger partial charge in [-0.15, -0.1) is 0 Å². The number of aromatic nitrogens is 2. The second-order valence-corrected chi connectivity index (χ2v) is 3.48. The first-order chi connectivity index (χ1) is 6.09. The molecular formula is C10H13N3. The maximum atomic E-state index is 5.88. The molecule has 0 amide bonds. The highest BCUT2D eigenvalue weighted by Crippen LogP contribution is 2.18. The van der Waals surface area contributed by atoms with E-state index in [9.17, 15) is 0 Å². The molecule has 68 valence electrons. The number of hydrogen-bond donors (Lipinski definition) is 1. The van der Waals surface area contributed by atoms with E-state index < -0.39 is 0 Å². The molecule has 2 N–H and O–H groups in total. The fraction of sp³-hybridized carbons (Fsp3) is 0.300. The van der Waals surface area contributed by atoms with Crippen LogP contribution in [0.4, 0.5) is 5.82 Å². The Balaban J connectivity index is 2.94. The Morgan fingerprint density at radius 1 is 1.31 bits per heavy atom. The molecular weight excluding hydrogens is 162 g/mol. The molecule has 0 spiro atoms. The second-order valence-electron chi connectivity index (χ2n) is 3.48. The zero-order chi connectivity index (χ0) is 9.59. The van der Waals surface area contributed by atoms with E-state index in [1.165, 1.54) is 11.1 Å². The lowest BCUT2D eigenvalue weighted by Gasteiger charge is -2.01. The summed E-state index contributed by atoms with van der Waals surface area (Å²) in [6, 6.07) is 2.11. The van der Waals surface area contributed by atoms with Gasteiger partial charge in [-0.3, -0.25) is 4.40 Å². The Morgan fingerprint density at radius 2 is 2.00 bits per heavy atom. The summed E-state index contributed by atoms with van der Waals surface area (Å²) in [5, 5.41) is 0. The predicted octanol–water partition coefficient (Wildman–Crippen LogP) is 1.84. The van der Waals surface area contributed by atoms with Gasteiger partial charge in [0.25, 0.3) is 0 Å². The van der Waals surface area contributed by atoms with Gasteiger partial charge < -0.3 is 5.73 Å².